The number of methoxy groups -OCH3 is 1. The third-order valence-corrected chi connectivity index (χ3v) is 4.72. The molecule has 0 spiro atoms. The van der Waals surface area contributed by atoms with E-state index in [-0.39, 0.29) is 11.3 Å². The molecule has 0 aliphatic heterocycles. The van der Waals surface area contributed by atoms with E-state index in [4.69, 9.17) is 9.26 Å². The third kappa shape index (κ3) is 3.33. The van der Waals surface area contributed by atoms with Crippen molar-refractivity contribution in [3.05, 3.63) is 35.7 Å². The monoisotopic (exact) mass is 329 g/mol. The topological polar surface area (TPSA) is 77.2 Å². The molecule has 1 fully saturated rings. The Labute approximate surface area is 141 Å². The Hall–Kier alpha value is -2.21. The van der Waals surface area contributed by atoms with Crippen LogP contribution in [0, 0.1) is 0 Å². The summed E-state index contributed by atoms with van der Waals surface area (Å²) < 4.78 is 11.0. The van der Waals surface area contributed by atoms with Crippen LogP contribution in [0.3, 0.4) is 0 Å². The number of aromatic nitrogens is 2. The number of carbonyl (C=O) groups excluding carboxylic acids is 1. The Morgan fingerprint density at radius 1 is 1.29 bits per heavy atom. The standard InChI is InChI=1S/C18H23N3O3/c1-19-15(22)11-13-5-7-14(8-6-13)16-20-17(24-21-16)18(12-23-2)9-3-4-10-18/h5-8H,3-4,9-12H2,1-2H3,(H,19,22). The molecule has 1 aliphatic carbocycles. The molecule has 1 amide bonds. The summed E-state index contributed by atoms with van der Waals surface area (Å²) in [6.45, 7) is 0.611. The van der Waals surface area contributed by atoms with Crippen molar-refractivity contribution in [2.24, 2.45) is 0 Å². The highest BCUT2D eigenvalue weighted by Gasteiger charge is 2.41. The van der Waals surface area contributed by atoms with E-state index in [0.717, 1.165) is 36.8 Å². The Morgan fingerprint density at radius 2 is 2.00 bits per heavy atom. The average Bonchev–Trinajstić information content (AvgIpc) is 3.26. The third-order valence-electron chi connectivity index (χ3n) is 4.72. The summed E-state index contributed by atoms with van der Waals surface area (Å²) in [6.07, 6.45) is 4.73. The molecule has 0 radical (unpaired) electrons. The van der Waals surface area contributed by atoms with Crippen LogP contribution in [0.25, 0.3) is 11.4 Å². The average molecular weight is 329 g/mol. The van der Waals surface area contributed by atoms with E-state index in [1.165, 1.54) is 0 Å². The van der Waals surface area contributed by atoms with Crippen molar-refractivity contribution in [3.8, 4) is 11.4 Å². The first kappa shape index (κ1) is 16.6. The van der Waals surface area contributed by atoms with Crippen LogP contribution in [0.1, 0.15) is 37.1 Å². The highest BCUT2D eigenvalue weighted by atomic mass is 16.5. The lowest BCUT2D eigenvalue weighted by molar-refractivity contribution is -0.119. The molecule has 0 saturated heterocycles. The number of amides is 1. The van der Waals surface area contributed by atoms with Gasteiger partial charge in [-0.25, -0.2) is 0 Å². The van der Waals surface area contributed by atoms with Crippen LogP contribution in [0.4, 0.5) is 0 Å². The second-order valence-corrected chi connectivity index (χ2v) is 6.39. The van der Waals surface area contributed by atoms with E-state index < -0.39 is 0 Å². The van der Waals surface area contributed by atoms with E-state index >= 15 is 0 Å². The van der Waals surface area contributed by atoms with Gasteiger partial charge in [0.15, 0.2) is 0 Å². The van der Waals surface area contributed by atoms with Crippen molar-refractivity contribution in [1.82, 2.24) is 15.5 Å². The highest BCUT2D eigenvalue weighted by Crippen LogP contribution is 2.41. The zero-order valence-corrected chi connectivity index (χ0v) is 14.2. The summed E-state index contributed by atoms with van der Waals surface area (Å²) in [6, 6.07) is 7.68. The summed E-state index contributed by atoms with van der Waals surface area (Å²) in [5.41, 5.74) is 1.70. The van der Waals surface area contributed by atoms with Crippen LogP contribution >= 0.6 is 0 Å². The van der Waals surface area contributed by atoms with Gasteiger partial charge in [-0.15, -0.1) is 0 Å². The molecular formula is C18H23N3O3. The number of carbonyl (C=O) groups is 1. The van der Waals surface area contributed by atoms with Crippen molar-refractivity contribution in [2.45, 2.75) is 37.5 Å². The zero-order valence-electron chi connectivity index (χ0n) is 14.2. The predicted molar refractivity (Wildman–Crippen MR) is 89.5 cm³/mol. The van der Waals surface area contributed by atoms with Gasteiger partial charge in [0.25, 0.3) is 0 Å². The SMILES string of the molecule is CNC(=O)Cc1ccc(-c2noc(C3(COC)CCCC3)n2)cc1. The van der Waals surface area contributed by atoms with Gasteiger partial charge < -0.3 is 14.6 Å². The normalized spacial score (nSPS) is 16.2. The Morgan fingerprint density at radius 3 is 2.62 bits per heavy atom. The second-order valence-electron chi connectivity index (χ2n) is 6.39. The number of likely N-dealkylation sites (N-methyl/N-ethyl adjacent to an activating group) is 1. The maximum atomic E-state index is 11.4. The lowest BCUT2D eigenvalue weighted by Crippen LogP contribution is -2.28. The van der Waals surface area contributed by atoms with Gasteiger partial charge >= 0.3 is 0 Å². The highest BCUT2D eigenvalue weighted by molar-refractivity contribution is 5.78. The fraction of sp³-hybridized carbons (Fsp3) is 0.500. The fourth-order valence-corrected chi connectivity index (χ4v) is 3.35. The zero-order chi connectivity index (χ0) is 17.0. The summed E-state index contributed by atoms with van der Waals surface area (Å²) in [7, 11) is 3.35. The van der Waals surface area contributed by atoms with Crippen LogP contribution < -0.4 is 5.32 Å². The molecular weight excluding hydrogens is 306 g/mol. The molecule has 2 aromatic rings. The van der Waals surface area contributed by atoms with Gasteiger partial charge in [0, 0.05) is 19.7 Å². The van der Waals surface area contributed by atoms with Crippen molar-refractivity contribution in [2.75, 3.05) is 20.8 Å². The van der Waals surface area contributed by atoms with Gasteiger partial charge in [0.2, 0.25) is 17.6 Å². The largest absolute Gasteiger partial charge is 0.384 e. The molecule has 6 nitrogen and oxygen atoms in total. The van der Waals surface area contributed by atoms with Crippen LogP contribution in [-0.2, 0) is 21.4 Å². The number of benzene rings is 1. The van der Waals surface area contributed by atoms with Gasteiger partial charge in [-0.1, -0.05) is 42.3 Å². The Kier molecular flexibility index (Phi) is 4.94. The molecule has 24 heavy (non-hydrogen) atoms. The summed E-state index contributed by atoms with van der Waals surface area (Å²) in [5, 5.41) is 6.76. The van der Waals surface area contributed by atoms with Crippen LogP contribution in [0.5, 0.6) is 0 Å². The van der Waals surface area contributed by atoms with Gasteiger partial charge in [-0.3, -0.25) is 4.79 Å². The molecule has 0 unspecified atom stereocenters. The Balaban J connectivity index is 1.79. The van der Waals surface area contributed by atoms with Crippen molar-refractivity contribution >= 4 is 5.91 Å². The predicted octanol–water partition coefficient (Wildman–Crippen LogP) is 2.48. The molecule has 1 saturated carbocycles. The molecule has 1 N–H and O–H groups in total. The maximum absolute atomic E-state index is 11.4. The molecule has 1 aromatic heterocycles. The summed E-state index contributed by atoms with van der Waals surface area (Å²) >= 11 is 0. The minimum atomic E-state index is -0.140. The molecule has 128 valence electrons. The van der Waals surface area contributed by atoms with Crippen molar-refractivity contribution in [3.63, 3.8) is 0 Å². The van der Waals surface area contributed by atoms with Gasteiger partial charge in [-0.2, -0.15) is 4.98 Å². The fourth-order valence-electron chi connectivity index (χ4n) is 3.35. The van der Waals surface area contributed by atoms with Crippen LogP contribution in [-0.4, -0.2) is 36.8 Å². The first-order chi connectivity index (χ1) is 11.7. The number of nitrogens with zero attached hydrogens (tertiary/aromatic N) is 2. The molecule has 1 aliphatic rings. The minimum absolute atomic E-state index is 0.00709. The molecule has 0 bridgehead atoms. The van der Waals surface area contributed by atoms with E-state index in [1.807, 2.05) is 24.3 Å². The van der Waals surface area contributed by atoms with Crippen LogP contribution in [0.15, 0.2) is 28.8 Å². The smallest absolute Gasteiger partial charge is 0.235 e. The molecule has 1 aromatic carbocycles. The van der Waals surface area contributed by atoms with Crippen molar-refractivity contribution in [1.29, 1.82) is 0 Å². The van der Waals surface area contributed by atoms with Gasteiger partial charge in [0.05, 0.1) is 18.4 Å². The summed E-state index contributed by atoms with van der Waals surface area (Å²) in [4.78, 5) is 16.0. The quantitative estimate of drug-likeness (QED) is 0.881. The van der Waals surface area contributed by atoms with Gasteiger partial charge in [-0.05, 0) is 18.4 Å². The minimum Gasteiger partial charge on any atom is -0.384 e. The lowest BCUT2D eigenvalue weighted by atomic mass is 9.87. The lowest BCUT2D eigenvalue weighted by Gasteiger charge is -2.22. The number of rotatable bonds is 6. The van der Waals surface area contributed by atoms with E-state index in [0.29, 0.717) is 24.7 Å². The number of hydrogen-bond donors (Lipinski definition) is 1. The van der Waals surface area contributed by atoms with Crippen LogP contribution in [0.2, 0.25) is 0 Å². The first-order valence-corrected chi connectivity index (χ1v) is 8.30. The van der Waals surface area contributed by atoms with E-state index in [1.54, 1.807) is 14.2 Å². The number of nitrogens with one attached hydrogen (secondary N) is 1. The summed E-state index contributed by atoms with van der Waals surface area (Å²) in [5.74, 6) is 1.25. The second kappa shape index (κ2) is 7.13. The number of hydrogen-bond acceptors (Lipinski definition) is 5. The van der Waals surface area contributed by atoms with Crippen molar-refractivity contribution < 1.29 is 14.1 Å². The molecule has 6 heteroatoms. The van der Waals surface area contributed by atoms with E-state index in [2.05, 4.69) is 15.5 Å². The Bertz CT molecular complexity index is 688. The maximum Gasteiger partial charge on any atom is 0.235 e. The molecule has 0 atom stereocenters. The molecule has 1 heterocycles. The molecule has 3 rings (SSSR count). The van der Waals surface area contributed by atoms with E-state index in [9.17, 15) is 4.79 Å². The first-order valence-electron chi connectivity index (χ1n) is 8.30. The number of ether oxygens (including phenoxy) is 1. The van der Waals surface area contributed by atoms with Gasteiger partial charge in [0.1, 0.15) is 0 Å².